The van der Waals surface area contributed by atoms with E-state index in [1.165, 1.54) is 19.5 Å². The molecule has 1 aromatic rings. The molecular weight excluding hydrogens is 212 g/mol. The number of carbonyl (C=O) groups is 1. The molecule has 1 saturated carbocycles. The summed E-state index contributed by atoms with van der Waals surface area (Å²) in [6.45, 7) is 0. The van der Waals surface area contributed by atoms with Crippen LogP contribution in [0.15, 0.2) is 12.4 Å². The maximum atomic E-state index is 10.7. The van der Waals surface area contributed by atoms with Crippen molar-refractivity contribution in [3.8, 4) is 5.88 Å². The molecule has 16 heavy (non-hydrogen) atoms. The maximum Gasteiger partial charge on any atom is 0.306 e. The standard InChI is InChI=1S/C10H12N2O4/c1-16-8-7(11-2-3-12-8)10(15)4-6(5-10)9(13)14/h2-3,6,15H,4-5H2,1H3,(H,13,14). The number of hydrogen-bond acceptors (Lipinski definition) is 5. The van der Waals surface area contributed by atoms with Crippen molar-refractivity contribution in [1.29, 1.82) is 0 Å². The number of rotatable bonds is 3. The largest absolute Gasteiger partial charge is 0.481 e. The highest BCUT2D eigenvalue weighted by molar-refractivity contribution is 5.71. The molecule has 0 saturated heterocycles. The lowest BCUT2D eigenvalue weighted by molar-refractivity contribution is -0.160. The van der Waals surface area contributed by atoms with Crippen molar-refractivity contribution in [2.75, 3.05) is 7.11 Å². The van der Waals surface area contributed by atoms with Crippen molar-refractivity contribution in [1.82, 2.24) is 9.97 Å². The summed E-state index contributed by atoms with van der Waals surface area (Å²) in [4.78, 5) is 18.6. The SMILES string of the molecule is COc1nccnc1C1(O)CC(C(=O)O)C1. The number of nitrogens with zero attached hydrogens (tertiary/aromatic N) is 2. The van der Waals surface area contributed by atoms with Crippen LogP contribution in [0.1, 0.15) is 18.5 Å². The fourth-order valence-corrected chi connectivity index (χ4v) is 1.92. The third kappa shape index (κ3) is 1.61. The van der Waals surface area contributed by atoms with Gasteiger partial charge in [-0.25, -0.2) is 4.98 Å². The zero-order valence-corrected chi connectivity index (χ0v) is 8.75. The van der Waals surface area contributed by atoms with E-state index >= 15 is 0 Å². The normalized spacial score (nSPS) is 28.2. The second kappa shape index (κ2) is 3.71. The van der Waals surface area contributed by atoms with Gasteiger partial charge >= 0.3 is 5.97 Å². The van der Waals surface area contributed by atoms with E-state index in [1.807, 2.05) is 0 Å². The van der Waals surface area contributed by atoms with Crippen LogP contribution in [0.2, 0.25) is 0 Å². The summed E-state index contributed by atoms with van der Waals surface area (Å²) in [6, 6.07) is 0. The Bertz CT molecular complexity index is 415. The van der Waals surface area contributed by atoms with Gasteiger partial charge in [-0.2, -0.15) is 0 Å². The lowest BCUT2D eigenvalue weighted by atomic mass is 9.69. The summed E-state index contributed by atoms with van der Waals surface area (Å²) in [5.41, 5.74) is -0.905. The van der Waals surface area contributed by atoms with E-state index < -0.39 is 17.5 Å². The van der Waals surface area contributed by atoms with Crippen molar-refractivity contribution < 1.29 is 19.7 Å². The quantitative estimate of drug-likeness (QED) is 0.760. The Hall–Kier alpha value is -1.69. The molecule has 0 aliphatic heterocycles. The number of carboxylic acids is 1. The lowest BCUT2D eigenvalue weighted by Gasteiger charge is -2.40. The predicted octanol–water partition coefficient (Wildman–Crippen LogP) is 0.167. The first-order chi connectivity index (χ1) is 7.57. The first kappa shape index (κ1) is 10.8. The van der Waals surface area contributed by atoms with Crippen molar-refractivity contribution in [2.45, 2.75) is 18.4 Å². The number of ether oxygens (including phenoxy) is 1. The molecule has 2 rings (SSSR count). The zero-order valence-electron chi connectivity index (χ0n) is 8.75. The molecule has 1 fully saturated rings. The van der Waals surface area contributed by atoms with E-state index in [1.54, 1.807) is 0 Å². The second-order valence-corrected chi connectivity index (χ2v) is 3.89. The number of carboxylic acid groups (broad SMARTS) is 1. The van der Waals surface area contributed by atoms with Gasteiger partial charge in [-0.3, -0.25) is 9.78 Å². The molecule has 2 N–H and O–H groups in total. The Balaban J connectivity index is 2.23. The Labute approximate surface area is 91.9 Å². The van der Waals surface area contributed by atoms with Crippen molar-refractivity contribution in [3.05, 3.63) is 18.1 Å². The predicted molar refractivity (Wildman–Crippen MR) is 52.8 cm³/mol. The maximum absolute atomic E-state index is 10.7. The molecule has 1 heterocycles. The van der Waals surface area contributed by atoms with Crippen LogP contribution in [0.25, 0.3) is 0 Å². The van der Waals surface area contributed by atoms with Gasteiger partial charge in [0.2, 0.25) is 5.88 Å². The monoisotopic (exact) mass is 224 g/mol. The smallest absolute Gasteiger partial charge is 0.306 e. The van der Waals surface area contributed by atoms with Crippen LogP contribution in [0, 0.1) is 5.92 Å². The van der Waals surface area contributed by atoms with Crippen LogP contribution in [0.5, 0.6) is 5.88 Å². The molecule has 0 unspecified atom stereocenters. The molecule has 0 atom stereocenters. The highest BCUT2D eigenvalue weighted by Gasteiger charge is 2.50. The van der Waals surface area contributed by atoms with Gasteiger partial charge in [-0.05, 0) is 12.8 Å². The molecule has 0 bridgehead atoms. The van der Waals surface area contributed by atoms with E-state index in [9.17, 15) is 9.90 Å². The third-order valence-corrected chi connectivity index (χ3v) is 2.82. The van der Waals surface area contributed by atoms with Gasteiger partial charge in [0.1, 0.15) is 11.3 Å². The molecule has 0 aromatic carbocycles. The average Bonchev–Trinajstić information content (AvgIpc) is 2.24. The fraction of sp³-hybridized carbons (Fsp3) is 0.500. The molecular formula is C10H12N2O4. The summed E-state index contributed by atoms with van der Waals surface area (Å²) in [5, 5.41) is 18.9. The summed E-state index contributed by atoms with van der Waals surface area (Å²) >= 11 is 0. The van der Waals surface area contributed by atoms with Gasteiger partial charge < -0.3 is 14.9 Å². The van der Waals surface area contributed by atoms with Gasteiger partial charge in [0.25, 0.3) is 0 Å². The molecule has 0 radical (unpaired) electrons. The summed E-state index contributed by atoms with van der Waals surface area (Å²) in [7, 11) is 1.43. The van der Waals surface area contributed by atoms with Gasteiger partial charge in [0.05, 0.1) is 13.0 Å². The Morgan fingerprint density at radius 2 is 2.12 bits per heavy atom. The van der Waals surface area contributed by atoms with Gasteiger partial charge in [0, 0.05) is 12.4 Å². The molecule has 1 aromatic heterocycles. The van der Waals surface area contributed by atoms with Crippen LogP contribution in [0.3, 0.4) is 0 Å². The van der Waals surface area contributed by atoms with Crippen molar-refractivity contribution in [2.24, 2.45) is 5.92 Å². The highest BCUT2D eigenvalue weighted by atomic mass is 16.5. The van der Waals surface area contributed by atoms with Crippen LogP contribution in [0.4, 0.5) is 0 Å². The number of aliphatic hydroxyl groups is 1. The van der Waals surface area contributed by atoms with E-state index in [4.69, 9.17) is 9.84 Å². The Morgan fingerprint density at radius 3 is 2.69 bits per heavy atom. The summed E-state index contributed by atoms with van der Waals surface area (Å²) < 4.78 is 4.98. The van der Waals surface area contributed by atoms with E-state index in [0.29, 0.717) is 5.69 Å². The van der Waals surface area contributed by atoms with E-state index in [-0.39, 0.29) is 18.7 Å². The van der Waals surface area contributed by atoms with Gasteiger partial charge in [0.15, 0.2) is 0 Å². The molecule has 1 aliphatic carbocycles. The molecule has 0 spiro atoms. The number of methoxy groups -OCH3 is 1. The third-order valence-electron chi connectivity index (χ3n) is 2.82. The minimum atomic E-state index is -1.22. The molecule has 86 valence electrons. The van der Waals surface area contributed by atoms with Crippen molar-refractivity contribution in [3.63, 3.8) is 0 Å². The fourth-order valence-electron chi connectivity index (χ4n) is 1.92. The first-order valence-corrected chi connectivity index (χ1v) is 4.87. The van der Waals surface area contributed by atoms with E-state index in [2.05, 4.69) is 9.97 Å². The van der Waals surface area contributed by atoms with Crippen LogP contribution < -0.4 is 4.74 Å². The summed E-state index contributed by atoms with van der Waals surface area (Å²) in [5.74, 6) is -1.17. The molecule has 6 heteroatoms. The number of aliphatic carboxylic acids is 1. The van der Waals surface area contributed by atoms with Gasteiger partial charge in [-0.15, -0.1) is 0 Å². The van der Waals surface area contributed by atoms with E-state index in [0.717, 1.165) is 0 Å². The van der Waals surface area contributed by atoms with Crippen LogP contribution in [-0.2, 0) is 10.4 Å². The highest BCUT2D eigenvalue weighted by Crippen LogP contribution is 2.46. The zero-order chi connectivity index (χ0) is 11.8. The topological polar surface area (TPSA) is 92.5 Å². The molecule has 6 nitrogen and oxygen atoms in total. The first-order valence-electron chi connectivity index (χ1n) is 4.87. The molecule has 0 amide bonds. The Kier molecular flexibility index (Phi) is 2.51. The van der Waals surface area contributed by atoms with Crippen molar-refractivity contribution >= 4 is 5.97 Å². The molecule has 1 aliphatic rings. The average molecular weight is 224 g/mol. The lowest BCUT2D eigenvalue weighted by Crippen LogP contribution is -2.45. The minimum absolute atomic E-state index is 0.150. The van der Waals surface area contributed by atoms with Crippen LogP contribution >= 0.6 is 0 Å². The number of aromatic nitrogens is 2. The van der Waals surface area contributed by atoms with Gasteiger partial charge in [-0.1, -0.05) is 0 Å². The second-order valence-electron chi connectivity index (χ2n) is 3.89. The Morgan fingerprint density at radius 1 is 1.50 bits per heavy atom. The van der Waals surface area contributed by atoms with Crippen LogP contribution in [-0.4, -0.2) is 33.3 Å². The number of hydrogen-bond donors (Lipinski definition) is 2. The summed E-state index contributed by atoms with van der Waals surface area (Å²) in [6.07, 6.45) is 3.21. The minimum Gasteiger partial charge on any atom is -0.481 e.